The van der Waals surface area contributed by atoms with Gasteiger partial charge < -0.3 is 10.2 Å². The molecule has 0 bridgehead atoms. The van der Waals surface area contributed by atoms with Gasteiger partial charge in [0.05, 0.1) is 16.9 Å². The number of carbonyl (C=O) groups is 1. The molecule has 6 heteroatoms. The zero-order valence-corrected chi connectivity index (χ0v) is 9.64. The Morgan fingerprint density at radius 3 is 2.56 bits per heavy atom. The summed E-state index contributed by atoms with van der Waals surface area (Å²) >= 11 is 0. The van der Waals surface area contributed by atoms with Crippen molar-refractivity contribution in [2.24, 2.45) is 0 Å². The predicted molar refractivity (Wildman–Crippen MR) is 60.4 cm³/mol. The summed E-state index contributed by atoms with van der Waals surface area (Å²) in [5.41, 5.74) is -0.452. The first-order chi connectivity index (χ1) is 8.34. The minimum atomic E-state index is -4.37. The Morgan fingerprint density at radius 2 is 2.00 bits per heavy atom. The van der Waals surface area contributed by atoms with Gasteiger partial charge in [0, 0.05) is 7.05 Å². The Bertz CT molecular complexity index is 535. The van der Waals surface area contributed by atoms with Crippen LogP contribution in [0.3, 0.4) is 0 Å². The van der Waals surface area contributed by atoms with Gasteiger partial charge in [0.2, 0.25) is 5.91 Å². The van der Waals surface area contributed by atoms with E-state index in [9.17, 15) is 18.0 Å². The Labute approximate surface area is 102 Å². The lowest BCUT2D eigenvalue weighted by molar-refractivity contribution is -0.137. The standard InChI is InChI=1S/C12H11F3N2O/c1-17-9-6-7(12(13,14)15)2-3-8(9)16-10(18)11(17)4-5-11/h2-3,6H,4-5H2,1H3,(H,16,18). The summed E-state index contributed by atoms with van der Waals surface area (Å²) in [7, 11) is 1.67. The molecule has 0 unspecified atom stereocenters. The molecule has 1 aromatic carbocycles. The first kappa shape index (κ1) is 11.4. The fourth-order valence-corrected chi connectivity index (χ4v) is 2.39. The second-order valence-electron chi connectivity index (χ2n) is 4.77. The maximum atomic E-state index is 12.7. The fraction of sp³-hybridized carbons (Fsp3) is 0.417. The van der Waals surface area contributed by atoms with Gasteiger partial charge in [-0.25, -0.2) is 0 Å². The van der Waals surface area contributed by atoms with Crippen molar-refractivity contribution in [3.63, 3.8) is 0 Å². The van der Waals surface area contributed by atoms with Gasteiger partial charge in [0.25, 0.3) is 0 Å². The van der Waals surface area contributed by atoms with E-state index >= 15 is 0 Å². The van der Waals surface area contributed by atoms with E-state index in [2.05, 4.69) is 5.32 Å². The molecule has 18 heavy (non-hydrogen) atoms. The monoisotopic (exact) mass is 256 g/mol. The maximum Gasteiger partial charge on any atom is 0.416 e. The van der Waals surface area contributed by atoms with Crippen molar-refractivity contribution in [3.05, 3.63) is 23.8 Å². The largest absolute Gasteiger partial charge is 0.416 e. The lowest BCUT2D eigenvalue weighted by atomic mass is 10.0. The third kappa shape index (κ3) is 1.41. The summed E-state index contributed by atoms with van der Waals surface area (Å²) in [6.07, 6.45) is -3.00. The van der Waals surface area contributed by atoms with E-state index in [0.29, 0.717) is 24.2 Å². The molecule has 0 radical (unpaired) electrons. The Morgan fingerprint density at radius 1 is 1.33 bits per heavy atom. The van der Waals surface area contributed by atoms with Crippen LogP contribution in [0.25, 0.3) is 0 Å². The molecule has 2 aliphatic rings. The van der Waals surface area contributed by atoms with E-state index in [0.717, 1.165) is 12.1 Å². The molecular formula is C12H11F3N2O. The number of anilines is 2. The highest BCUT2D eigenvalue weighted by molar-refractivity contribution is 6.08. The fourth-order valence-electron chi connectivity index (χ4n) is 2.39. The summed E-state index contributed by atoms with van der Waals surface area (Å²) in [5, 5.41) is 2.67. The van der Waals surface area contributed by atoms with Crippen LogP contribution >= 0.6 is 0 Å². The predicted octanol–water partition coefficient (Wildman–Crippen LogP) is 2.63. The first-order valence-electron chi connectivity index (χ1n) is 5.61. The third-order valence-electron chi connectivity index (χ3n) is 3.72. The van der Waals surface area contributed by atoms with Crippen molar-refractivity contribution in [1.82, 2.24) is 0 Å². The first-order valence-corrected chi connectivity index (χ1v) is 5.61. The van der Waals surface area contributed by atoms with Crippen molar-refractivity contribution in [2.45, 2.75) is 24.6 Å². The minimum Gasteiger partial charge on any atom is -0.358 e. The number of nitrogens with zero attached hydrogens (tertiary/aromatic N) is 1. The van der Waals surface area contributed by atoms with E-state index in [1.165, 1.54) is 6.07 Å². The SMILES string of the molecule is CN1c2cc(C(F)(F)F)ccc2NC(=O)C12CC2. The molecule has 1 aliphatic carbocycles. The van der Waals surface area contributed by atoms with Crippen molar-refractivity contribution < 1.29 is 18.0 Å². The average molecular weight is 256 g/mol. The van der Waals surface area contributed by atoms with Gasteiger partial charge >= 0.3 is 6.18 Å². The van der Waals surface area contributed by atoms with Crippen LogP contribution in [0.2, 0.25) is 0 Å². The molecule has 1 aromatic rings. The zero-order valence-electron chi connectivity index (χ0n) is 9.64. The quantitative estimate of drug-likeness (QED) is 0.774. The van der Waals surface area contributed by atoms with Crippen LogP contribution in [0, 0.1) is 0 Å². The number of amides is 1. The van der Waals surface area contributed by atoms with Gasteiger partial charge in [0.1, 0.15) is 5.54 Å². The summed E-state index contributed by atoms with van der Waals surface area (Å²) in [4.78, 5) is 13.5. The number of hydrogen-bond donors (Lipinski definition) is 1. The molecule has 96 valence electrons. The lowest BCUT2D eigenvalue weighted by Gasteiger charge is -2.36. The second-order valence-corrected chi connectivity index (χ2v) is 4.77. The zero-order chi connectivity index (χ0) is 13.1. The Balaban J connectivity index is 2.09. The van der Waals surface area contributed by atoms with Crippen LogP contribution in [0.1, 0.15) is 18.4 Å². The molecular weight excluding hydrogens is 245 g/mol. The molecule has 3 rings (SSSR count). The van der Waals surface area contributed by atoms with E-state index in [-0.39, 0.29) is 5.91 Å². The van der Waals surface area contributed by atoms with Gasteiger partial charge in [-0.05, 0) is 31.0 Å². The van der Waals surface area contributed by atoms with E-state index < -0.39 is 17.3 Å². The average Bonchev–Trinajstić information content (AvgIpc) is 3.06. The van der Waals surface area contributed by atoms with Crippen LogP contribution in [0.5, 0.6) is 0 Å². The normalized spacial score (nSPS) is 20.7. The number of fused-ring (bicyclic) bond motifs is 1. The molecule has 1 aliphatic heterocycles. The number of hydrogen-bond acceptors (Lipinski definition) is 2. The minimum absolute atomic E-state index is 0.128. The van der Waals surface area contributed by atoms with Gasteiger partial charge in [-0.2, -0.15) is 13.2 Å². The molecule has 3 nitrogen and oxygen atoms in total. The highest BCUT2D eigenvalue weighted by Gasteiger charge is 2.56. The number of carbonyl (C=O) groups excluding carboxylic acids is 1. The van der Waals surface area contributed by atoms with E-state index in [1.54, 1.807) is 11.9 Å². The maximum absolute atomic E-state index is 12.7. The molecule has 1 heterocycles. The highest BCUT2D eigenvalue weighted by atomic mass is 19.4. The number of rotatable bonds is 0. The van der Waals surface area contributed by atoms with Gasteiger partial charge in [-0.15, -0.1) is 0 Å². The molecule has 0 saturated heterocycles. The number of nitrogens with one attached hydrogen (secondary N) is 1. The smallest absolute Gasteiger partial charge is 0.358 e. The molecule has 0 aromatic heterocycles. The number of alkyl halides is 3. The summed E-state index contributed by atoms with van der Waals surface area (Å²) in [6, 6.07) is 3.38. The second kappa shape index (κ2) is 3.18. The lowest BCUT2D eigenvalue weighted by Crippen LogP contribution is -2.48. The molecule has 1 spiro atoms. The van der Waals surface area contributed by atoms with Crippen LogP contribution < -0.4 is 10.2 Å². The van der Waals surface area contributed by atoms with Gasteiger partial charge in [-0.1, -0.05) is 0 Å². The summed E-state index contributed by atoms with van der Waals surface area (Å²) < 4.78 is 38.0. The topological polar surface area (TPSA) is 32.3 Å². The number of benzene rings is 1. The summed E-state index contributed by atoms with van der Waals surface area (Å²) in [5.74, 6) is -0.128. The van der Waals surface area contributed by atoms with E-state index in [1.807, 2.05) is 0 Å². The van der Waals surface area contributed by atoms with Crippen LogP contribution in [0.4, 0.5) is 24.5 Å². The molecule has 1 fully saturated rings. The number of likely N-dealkylation sites (N-methyl/N-ethyl adjacent to an activating group) is 1. The number of halogens is 3. The molecule has 1 amide bonds. The third-order valence-corrected chi connectivity index (χ3v) is 3.72. The van der Waals surface area contributed by atoms with Crippen molar-refractivity contribution in [3.8, 4) is 0 Å². The van der Waals surface area contributed by atoms with Crippen molar-refractivity contribution in [1.29, 1.82) is 0 Å². The Kier molecular flexibility index (Phi) is 2.01. The Hall–Kier alpha value is -1.72. The van der Waals surface area contributed by atoms with Crippen LogP contribution in [-0.2, 0) is 11.0 Å². The van der Waals surface area contributed by atoms with E-state index in [4.69, 9.17) is 0 Å². The van der Waals surface area contributed by atoms with Crippen LogP contribution in [0.15, 0.2) is 18.2 Å². The molecule has 0 atom stereocenters. The van der Waals surface area contributed by atoms with Crippen LogP contribution in [-0.4, -0.2) is 18.5 Å². The van der Waals surface area contributed by atoms with Crippen molar-refractivity contribution in [2.75, 3.05) is 17.3 Å². The molecule has 1 N–H and O–H groups in total. The van der Waals surface area contributed by atoms with Gasteiger partial charge in [-0.3, -0.25) is 4.79 Å². The molecule has 1 saturated carbocycles. The van der Waals surface area contributed by atoms with Crippen molar-refractivity contribution >= 4 is 17.3 Å². The highest BCUT2D eigenvalue weighted by Crippen LogP contribution is 2.50. The van der Waals surface area contributed by atoms with Gasteiger partial charge in [0.15, 0.2) is 0 Å². The summed E-state index contributed by atoms with van der Waals surface area (Å²) in [6.45, 7) is 0.